The number of amides is 1. The lowest BCUT2D eigenvalue weighted by atomic mass is 10.1. The van der Waals surface area contributed by atoms with Gasteiger partial charge in [-0.15, -0.1) is 0 Å². The Labute approximate surface area is 150 Å². The van der Waals surface area contributed by atoms with Crippen molar-refractivity contribution >= 4 is 29.4 Å². The number of carbonyl (C=O) groups is 1. The second kappa shape index (κ2) is 6.88. The molecule has 134 valence electrons. The lowest BCUT2D eigenvalue weighted by molar-refractivity contribution is -0.116. The summed E-state index contributed by atoms with van der Waals surface area (Å²) >= 11 is 0. The van der Waals surface area contributed by atoms with Crippen LogP contribution in [0.5, 0.6) is 0 Å². The summed E-state index contributed by atoms with van der Waals surface area (Å²) in [7, 11) is 0. The van der Waals surface area contributed by atoms with Crippen molar-refractivity contribution in [1.82, 2.24) is 5.32 Å². The number of nitrogens with zero attached hydrogens (tertiary/aromatic N) is 1. The fraction of sp³-hybridized carbons (Fsp3) is 0.250. The minimum absolute atomic E-state index is 0.0148. The van der Waals surface area contributed by atoms with Gasteiger partial charge in [-0.2, -0.15) is 0 Å². The molecule has 0 spiro atoms. The Morgan fingerprint density at radius 3 is 2.62 bits per heavy atom. The summed E-state index contributed by atoms with van der Waals surface area (Å²) in [5.41, 5.74) is 3.15. The molecule has 2 aromatic carbocycles. The van der Waals surface area contributed by atoms with Gasteiger partial charge in [0.1, 0.15) is 11.6 Å². The number of rotatable bonds is 2. The molecule has 2 aliphatic rings. The van der Waals surface area contributed by atoms with E-state index in [1.165, 1.54) is 12.1 Å². The SMILES string of the molecule is O=C1CC2CNCCN2c2cc(/C=C/c3cc(F)cc(F)c3)ccc2N1. The zero-order valence-corrected chi connectivity index (χ0v) is 14.1. The van der Waals surface area contributed by atoms with Crippen LogP contribution in [-0.2, 0) is 4.79 Å². The van der Waals surface area contributed by atoms with Gasteiger partial charge in [0.25, 0.3) is 0 Å². The Bertz CT molecular complexity index is 861. The number of carbonyl (C=O) groups excluding carboxylic acids is 1. The van der Waals surface area contributed by atoms with E-state index in [1.807, 2.05) is 24.3 Å². The molecule has 6 heteroatoms. The molecule has 4 rings (SSSR count). The third kappa shape index (κ3) is 3.46. The highest BCUT2D eigenvalue weighted by Gasteiger charge is 2.29. The zero-order chi connectivity index (χ0) is 18.1. The molecule has 2 aliphatic heterocycles. The molecule has 0 bridgehead atoms. The predicted molar refractivity (Wildman–Crippen MR) is 99.0 cm³/mol. The summed E-state index contributed by atoms with van der Waals surface area (Å²) in [6, 6.07) is 9.32. The van der Waals surface area contributed by atoms with Crippen molar-refractivity contribution in [3.05, 3.63) is 59.2 Å². The van der Waals surface area contributed by atoms with E-state index in [0.717, 1.165) is 42.6 Å². The molecular weight excluding hydrogens is 336 g/mol. The van der Waals surface area contributed by atoms with Crippen LogP contribution >= 0.6 is 0 Å². The molecule has 0 aliphatic carbocycles. The molecular formula is C20H19F2N3O. The van der Waals surface area contributed by atoms with Gasteiger partial charge in [-0.1, -0.05) is 18.2 Å². The summed E-state index contributed by atoms with van der Waals surface area (Å²) in [5, 5.41) is 6.29. The van der Waals surface area contributed by atoms with Crippen molar-refractivity contribution < 1.29 is 13.6 Å². The molecule has 0 saturated carbocycles. The number of anilines is 2. The minimum atomic E-state index is -0.599. The Hall–Kier alpha value is -2.73. The summed E-state index contributed by atoms with van der Waals surface area (Å²) in [5.74, 6) is -1.18. The average molecular weight is 355 g/mol. The standard InChI is InChI=1S/C20H19F2N3O/c21-15-7-14(8-16(22)10-15)2-1-13-3-4-18-19(9-13)25-6-5-23-12-17(25)11-20(26)24-18/h1-4,7-10,17,23H,5-6,11-12H2,(H,24,26)/b2-1+. The van der Waals surface area contributed by atoms with Crippen molar-refractivity contribution in [2.75, 3.05) is 29.9 Å². The molecule has 2 N–H and O–H groups in total. The van der Waals surface area contributed by atoms with Gasteiger partial charge in [0, 0.05) is 32.1 Å². The van der Waals surface area contributed by atoms with E-state index in [2.05, 4.69) is 15.5 Å². The fourth-order valence-electron chi connectivity index (χ4n) is 3.54. The predicted octanol–water partition coefficient (Wildman–Crippen LogP) is 3.26. The number of benzene rings is 2. The van der Waals surface area contributed by atoms with Gasteiger partial charge in [-0.25, -0.2) is 8.78 Å². The van der Waals surface area contributed by atoms with Crippen LogP contribution in [-0.4, -0.2) is 31.6 Å². The summed E-state index contributed by atoms with van der Waals surface area (Å²) in [6.07, 6.45) is 3.95. The maximum atomic E-state index is 13.3. The molecule has 0 radical (unpaired) electrons. The molecule has 2 aromatic rings. The highest BCUT2D eigenvalue weighted by atomic mass is 19.1. The smallest absolute Gasteiger partial charge is 0.226 e. The van der Waals surface area contributed by atoms with E-state index in [1.54, 1.807) is 6.08 Å². The number of halogens is 2. The van der Waals surface area contributed by atoms with Crippen LogP contribution in [0.1, 0.15) is 17.5 Å². The molecule has 1 saturated heterocycles. The first kappa shape index (κ1) is 16.7. The van der Waals surface area contributed by atoms with Gasteiger partial charge in [0.15, 0.2) is 0 Å². The van der Waals surface area contributed by atoms with E-state index in [9.17, 15) is 13.6 Å². The second-order valence-electron chi connectivity index (χ2n) is 6.62. The molecule has 1 fully saturated rings. The summed E-state index contributed by atoms with van der Waals surface area (Å²) in [4.78, 5) is 14.4. The number of hydrogen-bond donors (Lipinski definition) is 2. The third-order valence-corrected chi connectivity index (χ3v) is 4.73. The van der Waals surface area contributed by atoms with Gasteiger partial charge in [-0.05, 0) is 35.4 Å². The summed E-state index contributed by atoms with van der Waals surface area (Å²) < 4.78 is 26.6. The Kier molecular flexibility index (Phi) is 4.42. The van der Waals surface area contributed by atoms with Crippen LogP contribution in [0.25, 0.3) is 12.2 Å². The molecule has 1 amide bonds. The Morgan fingerprint density at radius 2 is 1.81 bits per heavy atom. The Balaban J connectivity index is 1.66. The van der Waals surface area contributed by atoms with Crippen molar-refractivity contribution in [3.8, 4) is 0 Å². The number of nitrogens with one attached hydrogen (secondary N) is 2. The van der Waals surface area contributed by atoms with E-state index in [0.29, 0.717) is 12.0 Å². The van der Waals surface area contributed by atoms with Crippen molar-refractivity contribution in [3.63, 3.8) is 0 Å². The number of piperazine rings is 1. The van der Waals surface area contributed by atoms with Gasteiger partial charge in [-0.3, -0.25) is 4.79 Å². The highest BCUT2D eigenvalue weighted by Crippen LogP contribution is 2.33. The molecule has 2 heterocycles. The molecule has 0 aromatic heterocycles. The van der Waals surface area contributed by atoms with Crippen LogP contribution < -0.4 is 15.5 Å². The normalized spacial score (nSPS) is 19.7. The quantitative estimate of drug-likeness (QED) is 0.813. The van der Waals surface area contributed by atoms with Crippen LogP contribution in [0.4, 0.5) is 20.2 Å². The topological polar surface area (TPSA) is 44.4 Å². The Morgan fingerprint density at radius 1 is 1.04 bits per heavy atom. The third-order valence-electron chi connectivity index (χ3n) is 4.73. The van der Waals surface area contributed by atoms with Crippen LogP contribution in [0, 0.1) is 11.6 Å². The lowest BCUT2D eigenvalue weighted by Crippen LogP contribution is -2.51. The van der Waals surface area contributed by atoms with Crippen molar-refractivity contribution in [1.29, 1.82) is 0 Å². The zero-order valence-electron chi connectivity index (χ0n) is 14.1. The van der Waals surface area contributed by atoms with Gasteiger partial charge in [0.2, 0.25) is 5.91 Å². The molecule has 4 nitrogen and oxygen atoms in total. The van der Waals surface area contributed by atoms with E-state index < -0.39 is 11.6 Å². The minimum Gasteiger partial charge on any atom is -0.364 e. The molecule has 1 unspecified atom stereocenters. The molecule has 1 atom stereocenters. The fourth-order valence-corrected chi connectivity index (χ4v) is 3.54. The van der Waals surface area contributed by atoms with Gasteiger partial charge < -0.3 is 15.5 Å². The maximum absolute atomic E-state index is 13.3. The van der Waals surface area contributed by atoms with Crippen molar-refractivity contribution in [2.24, 2.45) is 0 Å². The average Bonchev–Trinajstić information content (AvgIpc) is 2.74. The summed E-state index contributed by atoms with van der Waals surface area (Å²) in [6.45, 7) is 2.47. The lowest BCUT2D eigenvalue weighted by Gasteiger charge is -2.36. The first-order chi connectivity index (χ1) is 12.6. The number of fused-ring (bicyclic) bond motifs is 3. The van der Waals surface area contributed by atoms with E-state index >= 15 is 0 Å². The van der Waals surface area contributed by atoms with Crippen LogP contribution in [0.3, 0.4) is 0 Å². The largest absolute Gasteiger partial charge is 0.364 e. The van der Waals surface area contributed by atoms with Gasteiger partial charge in [0.05, 0.1) is 17.4 Å². The van der Waals surface area contributed by atoms with E-state index in [-0.39, 0.29) is 11.9 Å². The second-order valence-corrected chi connectivity index (χ2v) is 6.62. The van der Waals surface area contributed by atoms with E-state index in [4.69, 9.17) is 0 Å². The van der Waals surface area contributed by atoms with Crippen LogP contribution in [0.15, 0.2) is 36.4 Å². The highest BCUT2D eigenvalue weighted by molar-refractivity contribution is 5.97. The van der Waals surface area contributed by atoms with Crippen molar-refractivity contribution in [2.45, 2.75) is 12.5 Å². The first-order valence-electron chi connectivity index (χ1n) is 8.64. The number of hydrogen-bond acceptors (Lipinski definition) is 3. The molecule has 26 heavy (non-hydrogen) atoms. The monoisotopic (exact) mass is 355 g/mol. The van der Waals surface area contributed by atoms with Crippen LogP contribution in [0.2, 0.25) is 0 Å². The van der Waals surface area contributed by atoms with Gasteiger partial charge >= 0.3 is 0 Å². The first-order valence-corrected chi connectivity index (χ1v) is 8.64. The maximum Gasteiger partial charge on any atom is 0.226 e.